The highest BCUT2D eigenvalue weighted by molar-refractivity contribution is 5.94. The summed E-state index contributed by atoms with van der Waals surface area (Å²) in [7, 11) is 1.78. The highest BCUT2D eigenvalue weighted by Gasteiger charge is 2.28. The molecule has 1 amide bonds. The van der Waals surface area contributed by atoms with Crippen LogP contribution in [0.3, 0.4) is 0 Å². The number of nitrogens with zero attached hydrogens (tertiary/aromatic N) is 2. The van der Waals surface area contributed by atoms with Crippen molar-refractivity contribution in [3.63, 3.8) is 0 Å². The van der Waals surface area contributed by atoms with Gasteiger partial charge >= 0.3 is 5.97 Å². The third-order valence-electron chi connectivity index (χ3n) is 4.31. The van der Waals surface area contributed by atoms with Crippen LogP contribution in [0.1, 0.15) is 16.9 Å². The summed E-state index contributed by atoms with van der Waals surface area (Å²) in [6, 6.07) is 9.62. The Morgan fingerprint density at radius 2 is 1.96 bits per heavy atom. The molecule has 2 heterocycles. The third-order valence-corrected chi connectivity index (χ3v) is 4.31. The quantitative estimate of drug-likeness (QED) is 0.921. The lowest BCUT2D eigenvalue weighted by atomic mass is 10.1. The molecule has 1 atom stereocenters. The Balaban J connectivity index is 1.79. The maximum absolute atomic E-state index is 13.1. The second kappa shape index (κ2) is 7.06. The zero-order valence-electron chi connectivity index (χ0n) is 13.8. The maximum Gasteiger partial charge on any atom is 0.306 e. The van der Waals surface area contributed by atoms with Crippen molar-refractivity contribution >= 4 is 11.9 Å². The van der Waals surface area contributed by atoms with Gasteiger partial charge in [0.2, 0.25) is 0 Å². The van der Waals surface area contributed by atoms with Gasteiger partial charge in [0.25, 0.3) is 5.91 Å². The number of morpholine rings is 1. The minimum absolute atomic E-state index is 0.127. The van der Waals surface area contributed by atoms with E-state index in [1.807, 2.05) is 6.07 Å². The molecule has 0 spiro atoms. The summed E-state index contributed by atoms with van der Waals surface area (Å²) in [6.45, 7) is 0.993. The van der Waals surface area contributed by atoms with Gasteiger partial charge in [0, 0.05) is 25.8 Å². The fourth-order valence-corrected chi connectivity index (χ4v) is 3.02. The van der Waals surface area contributed by atoms with Crippen molar-refractivity contribution in [3.05, 3.63) is 47.9 Å². The summed E-state index contributed by atoms with van der Waals surface area (Å²) >= 11 is 0. The second-order valence-electron chi connectivity index (χ2n) is 6.01. The molecule has 1 saturated heterocycles. The van der Waals surface area contributed by atoms with Gasteiger partial charge in [-0.15, -0.1) is 0 Å². The highest BCUT2D eigenvalue weighted by Crippen LogP contribution is 2.23. The minimum atomic E-state index is -0.947. The van der Waals surface area contributed by atoms with Gasteiger partial charge in [-0.25, -0.2) is 4.39 Å². The van der Waals surface area contributed by atoms with E-state index in [0.717, 1.165) is 11.3 Å². The first-order valence-corrected chi connectivity index (χ1v) is 8.00. The standard InChI is InChI=1S/C18H19FN2O4/c1-20-15(12-2-4-13(19)5-3-12)6-7-16(20)18(24)21-8-9-25-14(11-21)10-17(22)23/h2-7,14H,8-11H2,1H3,(H,22,23)/t14-/m0/s1. The molecule has 1 aliphatic rings. The molecule has 0 saturated carbocycles. The Kier molecular flexibility index (Phi) is 4.85. The topological polar surface area (TPSA) is 71.8 Å². The number of benzene rings is 1. The lowest BCUT2D eigenvalue weighted by Gasteiger charge is -2.32. The predicted octanol–water partition coefficient (Wildman–Crippen LogP) is 2.15. The van der Waals surface area contributed by atoms with Crippen molar-refractivity contribution < 1.29 is 23.8 Å². The van der Waals surface area contributed by atoms with Gasteiger partial charge in [0.1, 0.15) is 11.5 Å². The van der Waals surface area contributed by atoms with Crippen LogP contribution in [0, 0.1) is 5.82 Å². The van der Waals surface area contributed by atoms with E-state index in [0.29, 0.717) is 18.8 Å². The maximum atomic E-state index is 13.1. The monoisotopic (exact) mass is 346 g/mol. The number of carboxylic acid groups (broad SMARTS) is 1. The molecule has 3 rings (SSSR count). The molecule has 0 bridgehead atoms. The van der Waals surface area contributed by atoms with Crippen LogP contribution in [-0.4, -0.2) is 52.3 Å². The number of carbonyl (C=O) groups is 2. The van der Waals surface area contributed by atoms with Crippen LogP contribution in [-0.2, 0) is 16.6 Å². The van der Waals surface area contributed by atoms with E-state index < -0.39 is 12.1 Å². The smallest absolute Gasteiger partial charge is 0.306 e. The first-order chi connectivity index (χ1) is 12.0. The van der Waals surface area contributed by atoms with E-state index in [9.17, 15) is 14.0 Å². The van der Waals surface area contributed by atoms with E-state index in [1.54, 1.807) is 34.7 Å². The van der Waals surface area contributed by atoms with Crippen molar-refractivity contribution in [1.29, 1.82) is 0 Å². The highest BCUT2D eigenvalue weighted by atomic mass is 19.1. The van der Waals surface area contributed by atoms with E-state index in [1.165, 1.54) is 12.1 Å². The van der Waals surface area contributed by atoms with Crippen LogP contribution >= 0.6 is 0 Å². The molecule has 25 heavy (non-hydrogen) atoms. The summed E-state index contributed by atoms with van der Waals surface area (Å²) in [4.78, 5) is 25.2. The number of carboxylic acids is 1. The molecule has 1 aliphatic heterocycles. The Morgan fingerprint density at radius 3 is 2.64 bits per heavy atom. The second-order valence-corrected chi connectivity index (χ2v) is 6.01. The van der Waals surface area contributed by atoms with E-state index >= 15 is 0 Å². The van der Waals surface area contributed by atoms with Crippen LogP contribution in [0.5, 0.6) is 0 Å². The zero-order valence-corrected chi connectivity index (χ0v) is 13.8. The van der Waals surface area contributed by atoms with Crippen LogP contribution in [0.15, 0.2) is 36.4 Å². The number of rotatable bonds is 4. The summed E-state index contributed by atoms with van der Waals surface area (Å²) < 4.78 is 20.3. The largest absolute Gasteiger partial charge is 0.481 e. The number of hydrogen-bond acceptors (Lipinski definition) is 3. The van der Waals surface area contributed by atoms with Crippen molar-refractivity contribution in [2.75, 3.05) is 19.7 Å². The van der Waals surface area contributed by atoms with Gasteiger partial charge < -0.3 is 19.3 Å². The summed E-state index contributed by atoms with van der Waals surface area (Å²) in [5, 5.41) is 8.89. The number of hydrogen-bond donors (Lipinski definition) is 1. The average Bonchev–Trinajstić information content (AvgIpc) is 2.96. The molecule has 2 aromatic rings. The molecular weight excluding hydrogens is 327 g/mol. The average molecular weight is 346 g/mol. The van der Waals surface area contributed by atoms with Gasteiger partial charge in [-0.1, -0.05) is 0 Å². The first-order valence-electron chi connectivity index (χ1n) is 8.00. The van der Waals surface area contributed by atoms with Crippen LogP contribution in [0.25, 0.3) is 11.3 Å². The van der Waals surface area contributed by atoms with E-state index in [4.69, 9.17) is 9.84 Å². The molecule has 1 fully saturated rings. The fourth-order valence-electron chi connectivity index (χ4n) is 3.02. The molecule has 7 heteroatoms. The normalized spacial score (nSPS) is 17.5. The zero-order chi connectivity index (χ0) is 18.0. The number of ether oxygens (including phenoxy) is 1. The minimum Gasteiger partial charge on any atom is -0.481 e. The Bertz CT molecular complexity index is 785. The molecule has 0 radical (unpaired) electrons. The van der Waals surface area contributed by atoms with E-state index in [-0.39, 0.29) is 24.7 Å². The molecule has 1 aromatic heterocycles. The van der Waals surface area contributed by atoms with Crippen molar-refractivity contribution in [3.8, 4) is 11.3 Å². The molecule has 0 unspecified atom stereocenters. The van der Waals surface area contributed by atoms with Crippen LogP contribution < -0.4 is 0 Å². The van der Waals surface area contributed by atoms with Crippen LogP contribution in [0.2, 0.25) is 0 Å². The predicted molar refractivity (Wildman–Crippen MR) is 88.7 cm³/mol. The molecule has 6 nitrogen and oxygen atoms in total. The third kappa shape index (κ3) is 3.71. The lowest BCUT2D eigenvalue weighted by Crippen LogP contribution is -2.46. The number of carbonyl (C=O) groups excluding carboxylic acids is 1. The van der Waals surface area contributed by atoms with E-state index in [2.05, 4.69) is 0 Å². The van der Waals surface area contributed by atoms with Gasteiger partial charge in [-0.3, -0.25) is 9.59 Å². The van der Waals surface area contributed by atoms with Crippen molar-refractivity contribution in [2.24, 2.45) is 7.05 Å². The number of amides is 1. The Morgan fingerprint density at radius 1 is 1.24 bits per heavy atom. The van der Waals surface area contributed by atoms with Crippen LogP contribution in [0.4, 0.5) is 4.39 Å². The Labute approximate surface area is 144 Å². The number of halogens is 1. The number of aliphatic carboxylic acids is 1. The summed E-state index contributed by atoms with van der Waals surface area (Å²) in [5.41, 5.74) is 2.11. The lowest BCUT2D eigenvalue weighted by molar-refractivity contribution is -0.141. The molecule has 1 N–H and O–H groups in total. The van der Waals surface area contributed by atoms with Gasteiger partial charge in [0.05, 0.1) is 19.1 Å². The van der Waals surface area contributed by atoms with Gasteiger partial charge in [0.15, 0.2) is 0 Å². The molecular formula is C18H19FN2O4. The molecule has 132 valence electrons. The van der Waals surface area contributed by atoms with Crippen molar-refractivity contribution in [2.45, 2.75) is 12.5 Å². The first kappa shape index (κ1) is 17.2. The summed E-state index contributed by atoms with van der Waals surface area (Å²) in [5.74, 6) is -1.43. The van der Waals surface area contributed by atoms with Crippen molar-refractivity contribution in [1.82, 2.24) is 9.47 Å². The van der Waals surface area contributed by atoms with Gasteiger partial charge in [-0.2, -0.15) is 0 Å². The summed E-state index contributed by atoms with van der Waals surface area (Å²) in [6.07, 6.45) is -0.621. The molecule has 0 aliphatic carbocycles. The van der Waals surface area contributed by atoms with Gasteiger partial charge in [-0.05, 0) is 42.0 Å². The SMILES string of the molecule is Cn1c(C(=O)N2CCO[C@@H](CC(=O)O)C2)ccc1-c1ccc(F)cc1. The Hall–Kier alpha value is -2.67. The number of aromatic nitrogens is 1. The molecule has 1 aromatic carbocycles. The fraction of sp³-hybridized carbons (Fsp3) is 0.333.